The number of hydrogen-bond acceptors (Lipinski definition) is 7. The van der Waals surface area contributed by atoms with E-state index in [0.717, 1.165) is 46.5 Å². The van der Waals surface area contributed by atoms with E-state index >= 15 is 0 Å². The number of nitrogens with two attached hydrogens (primary N) is 1. The fraction of sp³-hybridized carbons (Fsp3) is 0.364. The molecule has 3 rings (SSSR count). The van der Waals surface area contributed by atoms with Crippen molar-refractivity contribution in [2.24, 2.45) is 5.14 Å². The van der Waals surface area contributed by atoms with Crippen molar-refractivity contribution in [3.8, 4) is 0 Å². The zero-order valence-electron chi connectivity index (χ0n) is 9.76. The molecule has 0 radical (unpaired) electrons. The predicted molar refractivity (Wildman–Crippen MR) is 75.7 cm³/mol. The van der Waals surface area contributed by atoms with Gasteiger partial charge in [-0.2, -0.15) is 0 Å². The van der Waals surface area contributed by atoms with Gasteiger partial charge in [0.15, 0.2) is 4.34 Å². The number of thiazole rings is 1. The first-order valence-corrected chi connectivity index (χ1v) is 7.41. The highest BCUT2D eigenvalue weighted by molar-refractivity contribution is 7.99. The Morgan fingerprint density at radius 1 is 1.39 bits per heavy atom. The van der Waals surface area contributed by atoms with E-state index in [2.05, 4.69) is 21.5 Å². The smallest absolute Gasteiger partial charge is 0.165 e. The molecule has 1 aromatic carbocycles. The third kappa shape index (κ3) is 2.60. The van der Waals surface area contributed by atoms with E-state index in [9.17, 15) is 0 Å². The molecule has 0 bridgehead atoms. The third-order valence-corrected chi connectivity index (χ3v) is 4.41. The number of hydrogen-bond donors (Lipinski definition) is 2. The zero-order valence-corrected chi connectivity index (χ0v) is 11.4. The maximum atomic E-state index is 5.53. The second kappa shape index (κ2) is 5.41. The molecule has 1 fully saturated rings. The van der Waals surface area contributed by atoms with Crippen LogP contribution in [0.5, 0.6) is 0 Å². The quantitative estimate of drug-likeness (QED) is 0.839. The molecule has 5 nitrogen and oxygen atoms in total. The fourth-order valence-electron chi connectivity index (χ4n) is 1.88. The minimum Gasteiger partial charge on any atom is -0.379 e. The number of fused-ring (bicyclic) bond motifs is 1. The van der Waals surface area contributed by atoms with Crippen molar-refractivity contribution in [2.75, 3.05) is 31.7 Å². The van der Waals surface area contributed by atoms with Gasteiger partial charge in [-0.1, -0.05) is 0 Å². The van der Waals surface area contributed by atoms with E-state index in [0.29, 0.717) is 0 Å². The van der Waals surface area contributed by atoms with E-state index < -0.39 is 0 Å². The van der Waals surface area contributed by atoms with Crippen molar-refractivity contribution >= 4 is 39.2 Å². The summed E-state index contributed by atoms with van der Waals surface area (Å²) in [4.78, 5) is 4.41. The average molecular weight is 282 g/mol. The van der Waals surface area contributed by atoms with Crippen LogP contribution in [0, 0.1) is 0 Å². The van der Waals surface area contributed by atoms with Crippen LogP contribution < -0.4 is 10.6 Å². The molecule has 1 aliphatic rings. The van der Waals surface area contributed by atoms with Gasteiger partial charge in [0.1, 0.15) is 0 Å². The predicted octanol–water partition coefficient (Wildman–Crippen LogP) is 1.92. The van der Waals surface area contributed by atoms with E-state index in [1.807, 2.05) is 12.1 Å². The van der Waals surface area contributed by atoms with Gasteiger partial charge >= 0.3 is 0 Å². The van der Waals surface area contributed by atoms with Crippen molar-refractivity contribution in [3.63, 3.8) is 0 Å². The number of rotatable bonds is 3. The van der Waals surface area contributed by atoms with Gasteiger partial charge in [0.05, 0.1) is 29.1 Å². The fourth-order valence-corrected chi connectivity index (χ4v) is 3.23. The zero-order chi connectivity index (χ0) is 12.4. The molecule has 7 heteroatoms. The van der Waals surface area contributed by atoms with Crippen molar-refractivity contribution in [2.45, 2.75) is 4.34 Å². The lowest BCUT2D eigenvalue weighted by atomic mass is 10.3. The van der Waals surface area contributed by atoms with Crippen LogP contribution in [-0.2, 0) is 4.74 Å². The largest absolute Gasteiger partial charge is 0.379 e. The molecular formula is C11H14N4OS2. The number of benzene rings is 1. The maximum Gasteiger partial charge on any atom is 0.165 e. The number of nitrogens with one attached hydrogen (secondary N) is 1. The van der Waals surface area contributed by atoms with Crippen LogP contribution in [0.4, 0.5) is 5.69 Å². The highest BCUT2D eigenvalue weighted by Crippen LogP contribution is 2.29. The molecule has 2 aromatic rings. The Balaban J connectivity index is 1.79. The van der Waals surface area contributed by atoms with E-state index in [-0.39, 0.29) is 0 Å². The molecule has 1 aliphatic heterocycles. The maximum absolute atomic E-state index is 5.53. The number of hydrazine groups is 1. The number of ether oxygens (including phenoxy) is 1. The van der Waals surface area contributed by atoms with Gasteiger partial charge in [0, 0.05) is 13.1 Å². The van der Waals surface area contributed by atoms with Gasteiger partial charge in [0.2, 0.25) is 0 Å². The summed E-state index contributed by atoms with van der Waals surface area (Å²) in [5, 5.41) is 7.70. The Morgan fingerprint density at radius 2 is 2.22 bits per heavy atom. The van der Waals surface area contributed by atoms with Gasteiger partial charge in [-0.25, -0.2) is 9.99 Å². The van der Waals surface area contributed by atoms with Crippen LogP contribution >= 0.6 is 23.3 Å². The SMILES string of the molecule is NSc1nc2ccc(NN3CCOCC3)cc2s1. The Bertz CT molecular complexity index is 539. The van der Waals surface area contributed by atoms with Gasteiger partial charge in [0.25, 0.3) is 0 Å². The molecule has 1 saturated heterocycles. The first-order valence-electron chi connectivity index (χ1n) is 5.72. The lowest BCUT2D eigenvalue weighted by Gasteiger charge is -2.27. The van der Waals surface area contributed by atoms with Crippen LogP contribution in [0.3, 0.4) is 0 Å². The topological polar surface area (TPSA) is 63.4 Å². The Labute approximate surface area is 113 Å². The Morgan fingerprint density at radius 3 is 3.00 bits per heavy atom. The van der Waals surface area contributed by atoms with E-state index in [4.69, 9.17) is 9.88 Å². The number of nitrogens with zero attached hydrogens (tertiary/aromatic N) is 2. The molecule has 0 aliphatic carbocycles. The molecule has 18 heavy (non-hydrogen) atoms. The van der Waals surface area contributed by atoms with Crippen LogP contribution in [0.1, 0.15) is 0 Å². The van der Waals surface area contributed by atoms with Crippen molar-refractivity contribution in [1.82, 2.24) is 9.99 Å². The summed E-state index contributed by atoms with van der Waals surface area (Å²) in [5.74, 6) is 0. The van der Waals surface area contributed by atoms with Crippen LogP contribution in [-0.4, -0.2) is 36.3 Å². The first kappa shape index (κ1) is 12.2. The molecule has 96 valence electrons. The van der Waals surface area contributed by atoms with E-state index in [1.165, 1.54) is 11.9 Å². The molecule has 0 saturated carbocycles. The highest BCUT2D eigenvalue weighted by Gasteiger charge is 2.10. The summed E-state index contributed by atoms with van der Waals surface area (Å²) in [6.07, 6.45) is 0. The van der Waals surface area contributed by atoms with Gasteiger partial charge in [-0.15, -0.1) is 11.3 Å². The normalized spacial score (nSPS) is 17.2. The molecule has 0 amide bonds. The second-order valence-corrected chi connectivity index (χ2v) is 5.90. The summed E-state index contributed by atoms with van der Waals surface area (Å²) < 4.78 is 7.37. The molecule has 2 heterocycles. The van der Waals surface area contributed by atoms with Gasteiger partial charge in [-0.3, -0.25) is 5.14 Å². The Kier molecular flexibility index (Phi) is 3.67. The number of anilines is 1. The van der Waals surface area contributed by atoms with Crippen molar-refractivity contribution in [1.29, 1.82) is 0 Å². The van der Waals surface area contributed by atoms with Gasteiger partial charge < -0.3 is 10.2 Å². The molecule has 0 unspecified atom stereocenters. The minimum atomic E-state index is 0.782. The van der Waals surface area contributed by atoms with Crippen LogP contribution in [0.15, 0.2) is 22.5 Å². The molecule has 1 aromatic heterocycles. The number of aromatic nitrogens is 1. The molecule has 3 N–H and O–H groups in total. The number of morpholine rings is 1. The lowest BCUT2D eigenvalue weighted by molar-refractivity contribution is 0.0497. The monoisotopic (exact) mass is 282 g/mol. The summed E-state index contributed by atoms with van der Waals surface area (Å²) >= 11 is 2.81. The Hall–Kier alpha value is -0.860. The van der Waals surface area contributed by atoms with Gasteiger partial charge in [-0.05, 0) is 30.1 Å². The van der Waals surface area contributed by atoms with E-state index in [1.54, 1.807) is 11.3 Å². The van der Waals surface area contributed by atoms with Crippen molar-refractivity contribution < 1.29 is 4.74 Å². The summed E-state index contributed by atoms with van der Waals surface area (Å²) in [6.45, 7) is 3.38. The molecule has 0 atom stereocenters. The standard InChI is InChI=1S/C11H14N4OS2/c12-18-11-13-9-2-1-8(7-10(9)17-11)14-15-3-5-16-6-4-15/h1-2,7,14H,3-6,12H2. The average Bonchev–Trinajstić information content (AvgIpc) is 2.82. The lowest BCUT2D eigenvalue weighted by Crippen LogP contribution is -2.40. The minimum absolute atomic E-state index is 0.782. The second-order valence-electron chi connectivity index (χ2n) is 3.99. The molecular weight excluding hydrogens is 268 g/mol. The van der Waals surface area contributed by atoms with Crippen LogP contribution in [0.25, 0.3) is 10.2 Å². The molecule has 0 spiro atoms. The third-order valence-electron chi connectivity index (χ3n) is 2.77. The summed E-state index contributed by atoms with van der Waals surface area (Å²) in [7, 11) is 0. The summed E-state index contributed by atoms with van der Waals surface area (Å²) in [6, 6.07) is 6.18. The first-order chi connectivity index (χ1) is 8.85. The van der Waals surface area contributed by atoms with Crippen molar-refractivity contribution in [3.05, 3.63) is 18.2 Å². The highest BCUT2D eigenvalue weighted by atomic mass is 32.2. The summed E-state index contributed by atoms with van der Waals surface area (Å²) in [5.41, 5.74) is 5.48. The van der Waals surface area contributed by atoms with Crippen LogP contribution in [0.2, 0.25) is 0 Å².